The Morgan fingerprint density at radius 3 is 3.20 bits per heavy atom. The van der Waals surface area contributed by atoms with Crippen molar-refractivity contribution in [3.63, 3.8) is 0 Å². The number of nitrogens with zero attached hydrogens (tertiary/aromatic N) is 1. The van der Waals surface area contributed by atoms with Crippen LogP contribution >= 0.6 is 0 Å². The minimum absolute atomic E-state index is 0.530. The predicted molar refractivity (Wildman–Crippen MR) is 54.4 cm³/mol. The number of carboxylic acids is 1. The topological polar surface area (TPSA) is 71.5 Å². The second-order valence-corrected chi connectivity index (χ2v) is 2.76. The van der Waals surface area contributed by atoms with E-state index >= 15 is 0 Å². The van der Waals surface area contributed by atoms with E-state index in [9.17, 15) is 4.79 Å². The van der Waals surface area contributed by atoms with E-state index in [0.717, 1.165) is 11.6 Å². The summed E-state index contributed by atoms with van der Waals surface area (Å²) in [6.07, 6.45) is 4.06. The van der Waals surface area contributed by atoms with E-state index in [1.807, 2.05) is 6.07 Å². The maximum atomic E-state index is 10.2. The number of ether oxygens (including phenoxy) is 1. The van der Waals surface area contributed by atoms with Gasteiger partial charge in [-0.15, -0.1) is 0 Å². The molecular formula is C10H12N2O3. The average molecular weight is 208 g/mol. The van der Waals surface area contributed by atoms with Crippen molar-refractivity contribution in [2.45, 2.75) is 6.54 Å². The summed E-state index contributed by atoms with van der Waals surface area (Å²) in [6.45, 7) is 0.530. The van der Waals surface area contributed by atoms with Crippen molar-refractivity contribution in [3.8, 4) is 5.88 Å². The van der Waals surface area contributed by atoms with Crippen LogP contribution in [0.25, 0.3) is 0 Å². The third-order valence-corrected chi connectivity index (χ3v) is 1.66. The minimum Gasteiger partial charge on any atom is -0.481 e. The van der Waals surface area contributed by atoms with Crippen LogP contribution in [0.5, 0.6) is 5.88 Å². The SMILES string of the molecule is COc1cc(CN/C=C/C(=O)O)ccn1. The maximum absolute atomic E-state index is 10.2. The van der Waals surface area contributed by atoms with Crippen LogP contribution in [0.4, 0.5) is 0 Å². The van der Waals surface area contributed by atoms with Gasteiger partial charge < -0.3 is 15.2 Å². The number of rotatable bonds is 5. The predicted octanol–water partition coefficient (Wildman–Crippen LogP) is 0.778. The monoisotopic (exact) mass is 208 g/mol. The summed E-state index contributed by atoms with van der Waals surface area (Å²) in [7, 11) is 1.55. The number of methoxy groups -OCH3 is 1. The third-order valence-electron chi connectivity index (χ3n) is 1.66. The van der Waals surface area contributed by atoms with Gasteiger partial charge in [-0.05, 0) is 11.6 Å². The molecule has 1 rings (SSSR count). The zero-order valence-corrected chi connectivity index (χ0v) is 8.30. The molecule has 0 aliphatic heterocycles. The number of aromatic nitrogens is 1. The molecule has 0 fully saturated rings. The van der Waals surface area contributed by atoms with Crippen molar-refractivity contribution < 1.29 is 14.6 Å². The number of carboxylic acid groups (broad SMARTS) is 1. The molecule has 0 saturated carbocycles. The molecule has 2 N–H and O–H groups in total. The van der Waals surface area contributed by atoms with Crippen molar-refractivity contribution in [1.82, 2.24) is 10.3 Å². The second kappa shape index (κ2) is 5.64. The molecule has 5 heteroatoms. The molecule has 1 heterocycles. The van der Waals surface area contributed by atoms with Gasteiger partial charge in [0.15, 0.2) is 0 Å². The van der Waals surface area contributed by atoms with Crippen LogP contribution in [-0.4, -0.2) is 23.2 Å². The molecule has 15 heavy (non-hydrogen) atoms. The van der Waals surface area contributed by atoms with Crippen molar-refractivity contribution in [2.24, 2.45) is 0 Å². The van der Waals surface area contributed by atoms with Gasteiger partial charge in [-0.1, -0.05) is 0 Å². The summed E-state index contributed by atoms with van der Waals surface area (Å²) < 4.78 is 4.95. The number of hydrogen-bond acceptors (Lipinski definition) is 4. The van der Waals surface area contributed by atoms with Gasteiger partial charge in [0.25, 0.3) is 0 Å². The van der Waals surface area contributed by atoms with E-state index in [0.29, 0.717) is 12.4 Å². The molecule has 0 bridgehead atoms. The highest BCUT2D eigenvalue weighted by Gasteiger charge is 1.95. The number of carbonyl (C=O) groups is 1. The number of aliphatic carboxylic acids is 1. The first kappa shape index (κ1) is 11.0. The first-order chi connectivity index (χ1) is 7.22. The fourth-order valence-corrected chi connectivity index (χ4v) is 0.979. The van der Waals surface area contributed by atoms with Crippen molar-refractivity contribution in [2.75, 3.05) is 7.11 Å². The molecule has 1 aromatic heterocycles. The lowest BCUT2D eigenvalue weighted by molar-refractivity contribution is -0.131. The van der Waals surface area contributed by atoms with Crippen LogP contribution in [0, 0.1) is 0 Å². The summed E-state index contributed by atoms with van der Waals surface area (Å²) in [5.74, 6) is -0.439. The Balaban J connectivity index is 2.47. The normalized spacial score (nSPS) is 10.2. The Morgan fingerprint density at radius 2 is 2.53 bits per heavy atom. The Bertz CT molecular complexity index is 363. The highest BCUT2D eigenvalue weighted by molar-refractivity contribution is 5.79. The molecule has 5 nitrogen and oxygen atoms in total. The summed E-state index contributed by atoms with van der Waals surface area (Å²) >= 11 is 0. The quantitative estimate of drug-likeness (QED) is 0.699. The van der Waals surface area contributed by atoms with Crippen LogP contribution in [0.1, 0.15) is 5.56 Å². The van der Waals surface area contributed by atoms with Gasteiger partial charge in [-0.2, -0.15) is 0 Å². The van der Waals surface area contributed by atoms with Crippen LogP contribution in [0.15, 0.2) is 30.6 Å². The minimum atomic E-state index is -0.977. The Labute approximate surface area is 87.4 Å². The van der Waals surface area contributed by atoms with Gasteiger partial charge in [0.05, 0.1) is 7.11 Å². The molecule has 0 aliphatic carbocycles. The summed E-state index contributed by atoms with van der Waals surface area (Å²) in [5.41, 5.74) is 0.969. The number of nitrogens with one attached hydrogen (secondary N) is 1. The van der Waals surface area contributed by atoms with E-state index < -0.39 is 5.97 Å². The first-order valence-corrected chi connectivity index (χ1v) is 4.34. The highest BCUT2D eigenvalue weighted by atomic mass is 16.5. The maximum Gasteiger partial charge on any atom is 0.329 e. The largest absolute Gasteiger partial charge is 0.481 e. The average Bonchev–Trinajstić information content (AvgIpc) is 2.24. The zero-order valence-electron chi connectivity index (χ0n) is 8.30. The number of hydrogen-bond donors (Lipinski definition) is 2. The lowest BCUT2D eigenvalue weighted by atomic mass is 10.2. The lowest BCUT2D eigenvalue weighted by Gasteiger charge is -2.02. The van der Waals surface area contributed by atoms with Crippen molar-refractivity contribution >= 4 is 5.97 Å². The molecule has 0 aliphatic rings. The van der Waals surface area contributed by atoms with Crippen LogP contribution in [-0.2, 0) is 11.3 Å². The molecule has 0 unspecified atom stereocenters. The van der Waals surface area contributed by atoms with Crippen molar-refractivity contribution in [1.29, 1.82) is 0 Å². The Kier molecular flexibility index (Phi) is 4.15. The summed E-state index contributed by atoms with van der Waals surface area (Å²) in [4.78, 5) is 14.1. The van der Waals surface area contributed by atoms with E-state index in [2.05, 4.69) is 10.3 Å². The van der Waals surface area contributed by atoms with Gasteiger partial charge >= 0.3 is 5.97 Å². The fraction of sp³-hybridized carbons (Fsp3) is 0.200. The van der Waals surface area contributed by atoms with Crippen molar-refractivity contribution in [3.05, 3.63) is 36.2 Å². The molecule has 0 atom stereocenters. The second-order valence-electron chi connectivity index (χ2n) is 2.76. The van der Waals surface area contributed by atoms with Gasteiger partial charge in [-0.25, -0.2) is 9.78 Å². The molecule has 0 amide bonds. The third kappa shape index (κ3) is 4.12. The Morgan fingerprint density at radius 1 is 1.73 bits per heavy atom. The van der Waals surface area contributed by atoms with Crippen LogP contribution in [0.2, 0.25) is 0 Å². The molecular weight excluding hydrogens is 196 g/mol. The summed E-state index contributed by atoms with van der Waals surface area (Å²) in [5, 5.41) is 11.2. The van der Waals surface area contributed by atoms with Gasteiger partial charge in [0.1, 0.15) is 0 Å². The van der Waals surface area contributed by atoms with Gasteiger partial charge in [0, 0.05) is 31.1 Å². The molecule has 80 valence electrons. The zero-order chi connectivity index (χ0) is 11.1. The smallest absolute Gasteiger partial charge is 0.329 e. The van der Waals surface area contributed by atoms with Gasteiger partial charge in [-0.3, -0.25) is 0 Å². The van der Waals surface area contributed by atoms with E-state index in [4.69, 9.17) is 9.84 Å². The van der Waals surface area contributed by atoms with E-state index in [-0.39, 0.29) is 0 Å². The fourth-order valence-electron chi connectivity index (χ4n) is 0.979. The van der Waals surface area contributed by atoms with E-state index in [1.54, 1.807) is 19.4 Å². The molecule has 0 radical (unpaired) electrons. The Hall–Kier alpha value is -2.04. The molecule has 0 aromatic carbocycles. The molecule has 0 spiro atoms. The molecule has 1 aromatic rings. The molecule has 0 saturated heterocycles. The highest BCUT2D eigenvalue weighted by Crippen LogP contribution is 2.07. The van der Waals surface area contributed by atoms with E-state index in [1.165, 1.54) is 6.20 Å². The van der Waals surface area contributed by atoms with Crippen LogP contribution < -0.4 is 10.1 Å². The standard InChI is InChI=1S/C10H12N2O3/c1-15-9-6-8(2-5-12-9)7-11-4-3-10(13)14/h2-6,11H,7H2,1H3,(H,13,14)/b4-3+. The first-order valence-electron chi connectivity index (χ1n) is 4.34. The lowest BCUT2D eigenvalue weighted by Crippen LogP contribution is -2.05. The van der Waals surface area contributed by atoms with Crippen LogP contribution in [0.3, 0.4) is 0 Å². The number of pyridine rings is 1. The summed E-state index contributed by atoms with van der Waals surface area (Å²) in [6, 6.07) is 3.60. The van der Waals surface area contributed by atoms with Gasteiger partial charge in [0.2, 0.25) is 5.88 Å².